The molecule has 2 aromatic rings. The zero-order valence-corrected chi connectivity index (χ0v) is 15.3. The second-order valence-corrected chi connectivity index (χ2v) is 7.17. The van der Waals surface area contributed by atoms with E-state index in [-0.39, 0.29) is 18.5 Å². The lowest BCUT2D eigenvalue weighted by Gasteiger charge is -2.34. The van der Waals surface area contributed by atoms with E-state index in [4.69, 9.17) is 0 Å². The van der Waals surface area contributed by atoms with Crippen LogP contribution in [0, 0.1) is 18.8 Å². The van der Waals surface area contributed by atoms with Gasteiger partial charge in [-0.2, -0.15) is 0 Å². The molecule has 2 N–H and O–H groups in total. The van der Waals surface area contributed by atoms with Gasteiger partial charge in [0, 0.05) is 26.2 Å². The normalized spacial score (nSPS) is 20.3. The summed E-state index contributed by atoms with van der Waals surface area (Å²) in [5.74, 6) is -0.122. The summed E-state index contributed by atoms with van der Waals surface area (Å²) in [7, 11) is 0. The van der Waals surface area contributed by atoms with Crippen molar-refractivity contribution in [3.05, 3.63) is 30.1 Å². The smallest absolute Gasteiger partial charge is 0.317 e. The fourth-order valence-electron chi connectivity index (χ4n) is 3.72. The summed E-state index contributed by atoms with van der Waals surface area (Å²) in [5, 5.41) is 12.1. The van der Waals surface area contributed by atoms with Gasteiger partial charge in [0.2, 0.25) is 0 Å². The molecule has 1 aromatic carbocycles. The number of carboxylic acids is 1. The summed E-state index contributed by atoms with van der Waals surface area (Å²) in [4.78, 5) is 29.8. The minimum atomic E-state index is -0.822. The number of likely N-dealkylation sites (tertiary alicyclic amines) is 1. The standard InChI is InChI=1S/C19H26N4O3/c1-13-10-15(18(24)25)12-22(11-13)19(26)20-8-5-9-23-14(2)21-16-6-3-4-7-17(16)23/h3-4,6-7,13,15H,5,8-12H2,1-2H3,(H,20,26)(H,24,25). The highest BCUT2D eigenvalue weighted by Crippen LogP contribution is 2.21. The highest BCUT2D eigenvalue weighted by molar-refractivity contribution is 5.77. The monoisotopic (exact) mass is 358 g/mol. The Balaban J connectivity index is 1.51. The minimum absolute atomic E-state index is 0.171. The Morgan fingerprint density at radius 1 is 1.31 bits per heavy atom. The van der Waals surface area contributed by atoms with Crippen LogP contribution >= 0.6 is 0 Å². The molecule has 3 rings (SSSR count). The largest absolute Gasteiger partial charge is 0.481 e. The lowest BCUT2D eigenvalue weighted by Crippen LogP contribution is -2.49. The SMILES string of the molecule is Cc1nc2ccccc2n1CCCNC(=O)N1CC(C)CC(C(=O)O)C1. The number of carbonyl (C=O) groups excluding carboxylic acids is 1. The summed E-state index contributed by atoms with van der Waals surface area (Å²) >= 11 is 0. The second-order valence-electron chi connectivity index (χ2n) is 7.17. The van der Waals surface area contributed by atoms with Crippen LogP contribution in [0.15, 0.2) is 24.3 Å². The number of aromatic nitrogens is 2. The van der Waals surface area contributed by atoms with Gasteiger partial charge in [-0.3, -0.25) is 4.79 Å². The Morgan fingerprint density at radius 3 is 2.85 bits per heavy atom. The number of amides is 2. The van der Waals surface area contributed by atoms with Crippen molar-refractivity contribution in [2.75, 3.05) is 19.6 Å². The Hall–Kier alpha value is -2.57. The molecule has 2 atom stereocenters. The summed E-state index contributed by atoms with van der Waals surface area (Å²) in [6, 6.07) is 7.85. The number of aryl methyl sites for hydroxylation is 2. The van der Waals surface area contributed by atoms with Gasteiger partial charge in [0.05, 0.1) is 17.0 Å². The van der Waals surface area contributed by atoms with Gasteiger partial charge in [-0.25, -0.2) is 9.78 Å². The Labute approximate surface area is 153 Å². The number of imidazole rings is 1. The van der Waals surface area contributed by atoms with Crippen LogP contribution in [-0.4, -0.2) is 51.2 Å². The number of hydrogen-bond donors (Lipinski definition) is 2. The molecule has 1 fully saturated rings. The summed E-state index contributed by atoms with van der Waals surface area (Å²) in [6.45, 7) is 6.20. The van der Waals surface area contributed by atoms with Crippen molar-refractivity contribution in [3.8, 4) is 0 Å². The van der Waals surface area contributed by atoms with E-state index in [1.165, 1.54) is 0 Å². The number of nitrogens with one attached hydrogen (secondary N) is 1. The fourth-order valence-corrected chi connectivity index (χ4v) is 3.72. The molecule has 2 heterocycles. The van der Waals surface area contributed by atoms with Gasteiger partial charge in [-0.15, -0.1) is 0 Å². The number of nitrogens with zero attached hydrogens (tertiary/aromatic N) is 3. The second kappa shape index (κ2) is 7.76. The van der Waals surface area contributed by atoms with E-state index in [0.717, 1.165) is 29.8 Å². The Kier molecular flexibility index (Phi) is 5.44. The summed E-state index contributed by atoms with van der Waals surface area (Å²) in [5.41, 5.74) is 2.08. The molecular formula is C19H26N4O3. The van der Waals surface area contributed by atoms with Crippen LogP contribution in [0.4, 0.5) is 4.79 Å². The highest BCUT2D eigenvalue weighted by Gasteiger charge is 2.31. The first-order valence-corrected chi connectivity index (χ1v) is 9.13. The topological polar surface area (TPSA) is 87.5 Å². The Bertz CT molecular complexity index is 801. The van der Waals surface area contributed by atoms with Crippen LogP contribution in [0.1, 0.15) is 25.6 Å². The molecule has 7 heteroatoms. The lowest BCUT2D eigenvalue weighted by molar-refractivity contribution is -0.143. The van der Waals surface area contributed by atoms with Gasteiger partial charge < -0.3 is 19.9 Å². The molecule has 1 aliphatic rings. The van der Waals surface area contributed by atoms with Crippen LogP contribution in [0.2, 0.25) is 0 Å². The van der Waals surface area contributed by atoms with Crippen LogP contribution < -0.4 is 5.32 Å². The van der Waals surface area contributed by atoms with Crippen molar-refractivity contribution in [1.29, 1.82) is 0 Å². The van der Waals surface area contributed by atoms with E-state index in [1.807, 2.05) is 32.0 Å². The molecule has 1 saturated heterocycles. The molecule has 1 aromatic heterocycles. The first kappa shape index (κ1) is 18.2. The first-order valence-electron chi connectivity index (χ1n) is 9.13. The average molecular weight is 358 g/mol. The average Bonchev–Trinajstić information content (AvgIpc) is 2.93. The molecule has 2 unspecified atom stereocenters. The molecule has 0 radical (unpaired) electrons. The number of piperidine rings is 1. The van der Waals surface area contributed by atoms with Gasteiger partial charge >= 0.3 is 12.0 Å². The zero-order chi connectivity index (χ0) is 18.7. The quantitative estimate of drug-likeness (QED) is 0.804. The predicted octanol–water partition coefficient (Wildman–Crippen LogP) is 2.49. The maximum Gasteiger partial charge on any atom is 0.317 e. The Morgan fingerprint density at radius 2 is 2.08 bits per heavy atom. The van der Waals surface area contributed by atoms with Crippen molar-refractivity contribution in [2.45, 2.75) is 33.2 Å². The van der Waals surface area contributed by atoms with Crippen LogP contribution in [-0.2, 0) is 11.3 Å². The van der Waals surface area contributed by atoms with E-state index < -0.39 is 11.9 Å². The molecule has 0 bridgehead atoms. The van der Waals surface area contributed by atoms with E-state index in [2.05, 4.69) is 20.9 Å². The van der Waals surface area contributed by atoms with Crippen molar-refractivity contribution in [1.82, 2.24) is 19.8 Å². The number of fused-ring (bicyclic) bond motifs is 1. The van der Waals surface area contributed by atoms with Gasteiger partial charge in [0.1, 0.15) is 5.82 Å². The first-order chi connectivity index (χ1) is 12.5. The van der Waals surface area contributed by atoms with Gasteiger partial charge in [-0.1, -0.05) is 19.1 Å². The lowest BCUT2D eigenvalue weighted by atomic mass is 9.91. The molecule has 7 nitrogen and oxygen atoms in total. The van der Waals surface area contributed by atoms with Crippen molar-refractivity contribution in [2.24, 2.45) is 11.8 Å². The number of hydrogen-bond acceptors (Lipinski definition) is 3. The van der Waals surface area contributed by atoms with Crippen LogP contribution in [0.5, 0.6) is 0 Å². The molecule has 26 heavy (non-hydrogen) atoms. The van der Waals surface area contributed by atoms with Gasteiger partial charge in [-0.05, 0) is 37.8 Å². The van der Waals surface area contributed by atoms with Crippen molar-refractivity contribution >= 4 is 23.0 Å². The third-order valence-corrected chi connectivity index (χ3v) is 4.98. The number of para-hydroxylation sites is 2. The third-order valence-electron chi connectivity index (χ3n) is 4.98. The van der Waals surface area contributed by atoms with E-state index in [0.29, 0.717) is 19.5 Å². The van der Waals surface area contributed by atoms with Crippen LogP contribution in [0.25, 0.3) is 11.0 Å². The van der Waals surface area contributed by atoms with Crippen molar-refractivity contribution in [3.63, 3.8) is 0 Å². The van der Waals surface area contributed by atoms with E-state index in [1.54, 1.807) is 4.90 Å². The third kappa shape index (κ3) is 3.98. The number of benzene rings is 1. The molecule has 1 aliphatic heterocycles. The van der Waals surface area contributed by atoms with Gasteiger partial charge in [0.15, 0.2) is 0 Å². The predicted molar refractivity (Wildman–Crippen MR) is 99.0 cm³/mol. The maximum absolute atomic E-state index is 12.4. The maximum atomic E-state index is 12.4. The fraction of sp³-hybridized carbons (Fsp3) is 0.526. The molecular weight excluding hydrogens is 332 g/mol. The van der Waals surface area contributed by atoms with Crippen molar-refractivity contribution < 1.29 is 14.7 Å². The molecule has 0 saturated carbocycles. The summed E-state index contributed by atoms with van der Waals surface area (Å²) < 4.78 is 2.16. The molecule has 0 spiro atoms. The number of carbonyl (C=O) groups is 2. The van der Waals surface area contributed by atoms with Crippen LogP contribution in [0.3, 0.4) is 0 Å². The molecule has 2 amide bonds. The molecule has 140 valence electrons. The minimum Gasteiger partial charge on any atom is -0.481 e. The number of rotatable bonds is 5. The summed E-state index contributed by atoms with van der Waals surface area (Å²) in [6.07, 6.45) is 1.42. The van der Waals surface area contributed by atoms with Gasteiger partial charge in [0.25, 0.3) is 0 Å². The molecule has 0 aliphatic carbocycles. The highest BCUT2D eigenvalue weighted by atomic mass is 16.4. The zero-order valence-electron chi connectivity index (χ0n) is 15.3. The number of aliphatic carboxylic acids is 1. The number of carboxylic acid groups (broad SMARTS) is 1. The van der Waals surface area contributed by atoms with E-state index >= 15 is 0 Å². The van der Waals surface area contributed by atoms with E-state index in [9.17, 15) is 14.7 Å². The number of urea groups is 1.